The molecular weight excluding hydrogens is 315 g/mol. The summed E-state index contributed by atoms with van der Waals surface area (Å²) in [5.74, 6) is 0.655. The van der Waals surface area contributed by atoms with Gasteiger partial charge in [0, 0.05) is 26.2 Å². The van der Waals surface area contributed by atoms with Crippen molar-refractivity contribution in [2.75, 3.05) is 33.2 Å². The third-order valence-electron chi connectivity index (χ3n) is 4.97. The Balaban J connectivity index is 1.56. The van der Waals surface area contributed by atoms with Crippen molar-refractivity contribution >= 4 is 5.96 Å². The molecule has 1 heterocycles. The maximum absolute atomic E-state index is 13.6. The standard InChI is InChI=1S/C20H33FN4/c1-17-9-5-7-15-25(17)16-8-6-13-23-20(22-2)24-14-12-18-10-3-4-11-19(18)21/h3-4,10-11,17H,5-9,12-16H2,1-2H3,(H2,22,23,24). The fourth-order valence-corrected chi connectivity index (χ4v) is 3.37. The van der Waals surface area contributed by atoms with Crippen molar-refractivity contribution in [2.45, 2.75) is 51.5 Å². The number of benzene rings is 1. The van der Waals surface area contributed by atoms with Gasteiger partial charge < -0.3 is 15.5 Å². The van der Waals surface area contributed by atoms with E-state index in [0.29, 0.717) is 13.0 Å². The Hall–Kier alpha value is -1.62. The van der Waals surface area contributed by atoms with Gasteiger partial charge in [0.05, 0.1) is 0 Å². The van der Waals surface area contributed by atoms with Crippen LogP contribution < -0.4 is 10.6 Å². The van der Waals surface area contributed by atoms with Crippen molar-refractivity contribution in [3.8, 4) is 0 Å². The van der Waals surface area contributed by atoms with Crippen molar-refractivity contribution < 1.29 is 4.39 Å². The first-order valence-electron chi connectivity index (χ1n) is 9.62. The second-order valence-corrected chi connectivity index (χ2v) is 6.86. The molecule has 1 unspecified atom stereocenters. The zero-order chi connectivity index (χ0) is 17.9. The van der Waals surface area contributed by atoms with Crippen LogP contribution in [0.1, 0.15) is 44.6 Å². The third-order valence-corrected chi connectivity index (χ3v) is 4.97. The number of nitrogens with zero attached hydrogens (tertiary/aromatic N) is 2. The van der Waals surface area contributed by atoms with E-state index >= 15 is 0 Å². The Morgan fingerprint density at radius 2 is 2.00 bits per heavy atom. The van der Waals surface area contributed by atoms with Crippen LogP contribution in [-0.4, -0.2) is 50.1 Å². The van der Waals surface area contributed by atoms with E-state index in [4.69, 9.17) is 0 Å². The third kappa shape index (κ3) is 7.02. The molecule has 0 bridgehead atoms. The topological polar surface area (TPSA) is 39.7 Å². The fraction of sp³-hybridized carbons (Fsp3) is 0.650. The van der Waals surface area contributed by atoms with Crippen LogP contribution in [0, 0.1) is 5.82 Å². The highest BCUT2D eigenvalue weighted by Gasteiger charge is 2.16. The van der Waals surface area contributed by atoms with Gasteiger partial charge in [-0.15, -0.1) is 0 Å². The molecule has 1 aliphatic heterocycles. The van der Waals surface area contributed by atoms with Crippen LogP contribution in [0.3, 0.4) is 0 Å². The molecule has 0 spiro atoms. The molecule has 0 radical (unpaired) electrons. The highest BCUT2D eigenvalue weighted by atomic mass is 19.1. The van der Waals surface area contributed by atoms with Gasteiger partial charge in [0.2, 0.25) is 0 Å². The first-order chi connectivity index (χ1) is 12.2. The molecule has 1 aliphatic rings. The molecule has 0 amide bonds. The van der Waals surface area contributed by atoms with Crippen molar-refractivity contribution in [2.24, 2.45) is 4.99 Å². The van der Waals surface area contributed by atoms with Crippen LogP contribution in [0.15, 0.2) is 29.3 Å². The van der Waals surface area contributed by atoms with E-state index < -0.39 is 0 Å². The van der Waals surface area contributed by atoms with Gasteiger partial charge in [-0.05, 0) is 63.7 Å². The quantitative estimate of drug-likeness (QED) is 0.431. The molecule has 2 N–H and O–H groups in total. The lowest BCUT2D eigenvalue weighted by atomic mass is 10.0. The SMILES string of the molecule is CN=C(NCCCCN1CCCCC1C)NCCc1ccccc1F. The van der Waals surface area contributed by atoms with Gasteiger partial charge in [0.1, 0.15) is 5.82 Å². The monoisotopic (exact) mass is 348 g/mol. The smallest absolute Gasteiger partial charge is 0.190 e. The molecule has 25 heavy (non-hydrogen) atoms. The summed E-state index contributed by atoms with van der Waals surface area (Å²) in [6, 6.07) is 7.67. The molecule has 0 aliphatic carbocycles. The van der Waals surface area contributed by atoms with Gasteiger partial charge >= 0.3 is 0 Å². The van der Waals surface area contributed by atoms with E-state index in [-0.39, 0.29) is 5.82 Å². The Bertz CT molecular complexity index is 532. The molecule has 140 valence electrons. The number of nitrogens with one attached hydrogen (secondary N) is 2. The molecular formula is C20H33FN4. The van der Waals surface area contributed by atoms with E-state index in [2.05, 4.69) is 27.4 Å². The highest BCUT2D eigenvalue weighted by Crippen LogP contribution is 2.16. The van der Waals surface area contributed by atoms with Gasteiger partial charge in [0.25, 0.3) is 0 Å². The molecule has 2 rings (SSSR count). The Kier molecular flexibility index (Phi) is 8.73. The molecule has 1 aromatic rings. The number of aliphatic imine (C=N–C) groups is 1. The predicted octanol–water partition coefficient (Wildman–Crippen LogP) is 3.19. The lowest BCUT2D eigenvalue weighted by Gasteiger charge is -2.33. The summed E-state index contributed by atoms with van der Waals surface area (Å²) in [5, 5.41) is 6.60. The van der Waals surface area contributed by atoms with E-state index in [1.165, 1.54) is 44.8 Å². The minimum absolute atomic E-state index is 0.140. The van der Waals surface area contributed by atoms with E-state index in [9.17, 15) is 4.39 Å². The average Bonchev–Trinajstić information content (AvgIpc) is 2.63. The van der Waals surface area contributed by atoms with Crippen molar-refractivity contribution in [1.29, 1.82) is 0 Å². The van der Waals surface area contributed by atoms with Crippen LogP contribution >= 0.6 is 0 Å². The Labute approximate surface area is 151 Å². The van der Waals surface area contributed by atoms with Crippen LogP contribution in [0.2, 0.25) is 0 Å². The second kappa shape index (κ2) is 11.1. The van der Waals surface area contributed by atoms with Gasteiger partial charge in [-0.2, -0.15) is 0 Å². The Morgan fingerprint density at radius 1 is 1.20 bits per heavy atom. The molecule has 0 saturated carbocycles. The zero-order valence-corrected chi connectivity index (χ0v) is 15.7. The van der Waals surface area contributed by atoms with E-state index in [0.717, 1.165) is 30.5 Å². The van der Waals surface area contributed by atoms with Crippen LogP contribution in [0.5, 0.6) is 0 Å². The van der Waals surface area contributed by atoms with Gasteiger partial charge in [-0.3, -0.25) is 4.99 Å². The number of rotatable bonds is 8. The summed E-state index contributed by atoms with van der Waals surface area (Å²) in [4.78, 5) is 6.85. The van der Waals surface area contributed by atoms with Crippen molar-refractivity contribution in [3.05, 3.63) is 35.6 Å². The lowest BCUT2D eigenvalue weighted by Crippen LogP contribution is -2.40. The predicted molar refractivity (Wildman–Crippen MR) is 104 cm³/mol. The number of piperidine rings is 1. The molecule has 4 nitrogen and oxygen atoms in total. The number of halogens is 1. The van der Waals surface area contributed by atoms with Gasteiger partial charge in [0.15, 0.2) is 5.96 Å². The normalized spacial score (nSPS) is 19.0. The van der Waals surface area contributed by atoms with E-state index in [1.807, 2.05) is 12.1 Å². The highest BCUT2D eigenvalue weighted by molar-refractivity contribution is 5.79. The number of guanidine groups is 1. The molecule has 0 aromatic heterocycles. The summed E-state index contributed by atoms with van der Waals surface area (Å²) in [7, 11) is 1.77. The number of unbranched alkanes of at least 4 members (excludes halogenated alkanes) is 1. The van der Waals surface area contributed by atoms with E-state index in [1.54, 1.807) is 13.1 Å². The summed E-state index contributed by atoms with van der Waals surface area (Å²) >= 11 is 0. The summed E-state index contributed by atoms with van der Waals surface area (Å²) < 4.78 is 13.6. The first kappa shape index (κ1) is 19.7. The summed E-state index contributed by atoms with van der Waals surface area (Å²) in [5.41, 5.74) is 0.737. The minimum atomic E-state index is -0.140. The van der Waals surface area contributed by atoms with Crippen LogP contribution in [-0.2, 0) is 6.42 Å². The first-order valence-corrected chi connectivity index (χ1v) is 9.62. The van der Waals surface area contributed by atoms with Crippen molar-refractivity contribution in [1.82, 2.24) is 15.5 Å². The molecule has 1 saturated heterocycles. The molecule has 5 heteroatoms. The minimum Gasteiger partial charge on any atom is -0.356 e. The largest absolute Gasteiger partial charge is 0.356 e. The van der Waals surface area contributed by atoms with Crippen LogP contribution in [0.25, 0.3) is 0 Å². The summed E-state index contributed by atoms with van der Waals surface area (Å²) in [6.45, 7) is 6.39. The lowest BCUT2D eigenvalue weighted by molar-refractivity contribution is 0.158. The average molecular weight is 349 g/mol. The maximum atomic E-state index is 13.6. The van der Waals surface area contributed by atoms with Crippen LogP contribution in [0.4, 0.5) is 4.39 Å². The number of likely N-dealkylation sites (tertiary alicyclic amines) is 1. The Morgan fingerprint density at radius 3 is 2.76 bits per heavy atom. The molecule has 1 fully saturated rings. The zero-order valence-electron chi connectivity index (χ0n) is 15.7. The second-order valence-electron chi connectivity index (χ2n) is 6.86. The number of hydrogen-bond acceptors (Lipinski definition) is 2. The fourth-order valence-electron chi connectivity index (χ4n) is 3.37. The molecule has 1 aromatic carbocycles. The molecule has 1 atom stereocenters. The summed E-state index contributed by atoms with van der Waals surface area (Å²) in [6.07, 6.45) is 7.08. The van der Waals surface area contributed by atoms with Gasteiger partial charge in [-0.25, -0.2) is 4.39 Å². The van der Waals surface area contributed by atoms with Gasteiger partial charge in [-0.1, -0.05) is 24.6 Å². The van der Waals surface area contributed by atoms with Crippen molar-refractivity contribution in [3.63, 3.8) is 0 Å². The maximum Gasteiger partial charge on any atom is 0.190 e. The number of hydrogen-bond donors (Lipinski definition) is 2.